The van der Waals surface area contributed by atoms with Crippen LogP contribution in [-0.2, 0) is 9.47 Å². The SMILES string of the molecule is CC(C)(OC(=O)N1CCCCC1)OC1CC2CC1C1C3CCC(C3)C21. The van der Waals surface area contributed by atoms with Crippen LogP contribution in [-0.4, -0.2) is 36.0 Å². The van der Waals surface area contributed by atoms with Crippen molar-refractivity contribution in [1.29, 1.82) is 0 Å². The molecule has 4 saturated carbocycles. The maximum Gasteiger partial charge on any atom is 0.412 e. The van der Waals surface area contributed by atoms with Gasteiger partial charge in [-0.25, -0.2) is 4.79 Å². The predicted molar refractivity (Wildman–Crippen MR) is 94.9 cm³/mol. The summed E-state index contributed by atoms with van der Waals surface area (Å²) in [5, 5.41) is 0. The summed E-state index contributed by atoms with van der Waals surface area (Å²) in [7, 11) is 0. The van der Waals surface area contributed by atoms with Gasteiger partial charge in [0.1, 0.15) is 0 Å². The molecule has 4 nitrogen and oxygen atoms in total. The number of hydrogen-bond acceptors (Lipinski definition) is 3. The summed E-state index contributed by atoms with van der Waals surface area (Å²) in [4.78, 5) is 14.3. The molecule has 1 amide bonds. The molecule has 7 unspecified atom stereocenters. The van der Waals surface area contributed by atoms with Crippen LogP contribution in [0.3, 0.4) is 0 Å². The number of likely N-dealkylation sites (tertiary alicyclic amines) is 1. The van der Waals surface area contributed by atoms with Crippen molar-refractivity contribution in [3.05, 3.63) is 0 Å². The zero-order valence-corrected chi connectivity index (χ0v) is 15.8. The number of nitrogens with zero attached hydrogens (tertiary/aromatic N) is 1. The lowest BCUT2D eigenvalue weighted by Gasteiger charge is -2.41. The van der Waals surface area contributed by atoms with E-state index in [1.165, 1.54) is 38.5 Å². The van der Waals surface area contributed by atoms with Crippen LogP contribution in [0.25, 0.3) is 0 Å². The standard InChI is InChI=1S/C21H33NO3/c1-21(2,25-20(23)22-8-4-3-5-9-22)24-17-12-15-11-16(17)19-14-7-6-13(10-14)18(15)19/h13-19H,3-12H2,1-2H3. The fourth-order valence-electron chi connectivity index (χ4n) is 7.38. The fourth-order valence-corrected chi connectivity index (χ4v) is 7.38. The van der Waals surface area contributed by atoms with E-state index in [0.29, 0.717) is 6.10 Å². The Balaban J connectivity index is 1.21. The average molecular weight is 347 g/mol. The van der Waals surface area contributed by atoms with Crippen molar-refractivity contribution in [3.63, 3.8) is 0 Å². The van der Waals surface area contributed by atoms with Crippen LogP contribution >= 0.6 is 0 Å². The van der Waals surface area contributed by atoms with Crippen LogP contribution in [0.4, 0.5) is 4.79 Å². The lowest BCUT2D eigenvalue weighted by Crippen LogP contribution is -2.45. The number of carbonyl (C=O) groups is 1. The first kappa shape index (κ1) is 16.4. The van der Waals surface area contributed by atoms with Crippen molar-refractivity contribution in [3.8, 4) is 0 Å². The van der Waals surface area contributed by atoms with Gasteiger partial charge in [0.15, 0.2) is 0 Å². The lowest BCUT2D eigenvalue weighted by atomic mass is 9.70. The van der Waals surface area contributed by atoms with Gasteiger partial charge in [-0.05, 0) is 86.9 Å². The van der Waals surface area contributed by atoms with Gasteiger partial charge >= 0.3 is 6.09 Å². The lowest BCUT2D eigenvalue weighted by molar-refractivity contribution is -0.225. The number of fused-ring (bicyclic) bond motifs is 9. The van der Waals surface area contributed by atoms with E-state index in [9.17, 15) is 4.79 Å². The molecule has 1 heterocycles. The maximum absolute atomic E-state index is 12.5. The van der Waals surface area contributed by atoms with Gasteiger partial charge in [-0.15, -0.1) is 0 Å². The molecule has 7 atom stereocenters. The number of rotatable bonds is 3. The summed E-state index contributed by atoms with van der Waals surface area (Å²) < 4.78 is 12.2. The van der Waals surface area contributed by atoms with E-state index in [-0.39, 0.29) is 6.09 Å². The molecule has 5 rings (SSSR count). The van der Waals surface area contributed by atoms with Gasteiger partial charge in [0.05, 0.1) is 6.10 Å². The van der Waals surface area contributed by atoms with Crippen LogP contribution in [0.15, 0.2) is 0 Å². The summed E-state index contributed by atoms with van der Waals surface area (Å²) in [5.74, 6) is 4.70. The highest BCUT2D eigenvalue weighted by Gasteiger charge is 2.63. The molecule has 4 aliphatic carbocycles. The van der Waals surface area contributed by atoms with Crippen molar-refractivity contribution in [1.82, 2.24) is 4.90 Å². The number of ether oxygens (including phenoxy) is 2. The summed E-state index contributed by atoms with van der Waals surface area (Å²) in [6.45, 7) is 5.52. The molecule has 0 aromatic carbocycles. The number of hydrogen-bond donors (Lipinski definition) is 0. The second-order valence-electron chi connectivity index (χ2n) is 9.86. The number of carbonyl (C=O) groups excluding carboxylic acids is 1. The van der Waals surface area contributed by atoms with Crippen LogP contribution in [0.5, 0.6) is 0 Å². The Kier molecular flexibility index (Phi) is 3.85. The zero-order chi connectivity index (χ0) is 17.2. The zero-order valence-electron chi connectivity index (χ0n) is 15.8. The number of piperidine rings is 1. The molecule has 25 heavy (non-hydrogen) atoms. The maximum atomic E-state index is 12.5. The monoisotopic (exact) mass is 347 g/mol. The Hall–Kier alpha value is -0.770. The quantitative estimate of drug-likeness (QED) is 0.560. The van der Waals surface area contributed by atoms with E-state index in [1.807, 2.05) is 18.7 Å². The van der Waals surface area contributed by atoms with E-state index >= 15 is 0 Å². The van der Waals surface area contributed by atoms with Crippen molar-refractivity contribution >= 4 is 6.09 Å². The second-order valence-corrected chi connectivity index (χ2v) is 9.86. The molecule has 0 aromatic rings. The summed E-state index contributed by atoms with van der Waals surface area (Å²) >= 11 is 0. The van der Waals surface area contributed by atoms with Gasteiger partial charge in [-0.2, -0.15) is 0 Å². The molecule has 5 aliphatic rings. The summed E-state index contributed by atoms with van der Waals surface area (Å²) in [6.07, 6.45) is 10.5. The van der Waals surface area contributed by atoms with Crippen molar-refractivity contribution in [2.45, 2.75) is 77.1 Å². The molecule has 4 bridgehead atoms. The van der Waals surface area contributed by atoms with Crippen LogP contribution in [0.1, 0.15) is 65.2 Å². The molecular weight excluding hydrogens is 314 g/mol. The summed E-state index contributed by atoms with van der Waals surface area (Å²) in [5.41, 5.74) is 0. The van der Waals surface area contributed by atoms with Crippen molar-refractivity contribution in [2.24, 2.45) is 35.5 Å². The Morgan fingerprint density at radius 2 is 1.64 bits per heavy atom. The minimum absolute atomic E-state index is 0.189. The van der Waals surface area contributed by atoms with Crippen molar-refractivity contribution < 1.29 is 14.3 Å². The minimum atomic E-state index is -0.809. The van der Waals surface area contributed by atoms with Crippen molar-refractivity contribution in [2.75, 3.05) is 13.1 Å². The third kappa shape index (κ3) is 2.70. The largest absolute Gasteiger partial charge is 0.417 e. The molecule has 0 aromatic heterocycles. The molecule has 0 radical (unpaired) electrons. The molecule has 140 valence electrons. The van der Waals surface area contributed by atoms with Crippen LogP contribution < -0.4 is 0 Å². The van der Waals surface area contributed by atoms with Gasteiger partial charge in [0, 0.05) is 26.9 Å². The molecule has 1 saturated heterocycles. The minimum Gasteiger partial charge on any atom is -0.417 e. The first-order chi connectivity index (χ1) is 12.0. The second kappa shape index (κ2) is 5.87. The third-order valence-electron chi connectivity index (χ3n) is 8.06. The van der Waals surface area contributed by atoms with Gasteiger partial charge < -0.3 is 14.4 Å². The summed E-state index contributed by atoms with van der Waals surface area (Å²) in [6, 6.07) is 0. The number of amides is 1. The highest BCUT2D eigenvalue weighted by Crippen LogP contribution is 2.68. The fraction of sp³-hybridized carbons (Fsp3) is 0.952. The average Bonchev–Trinajstić information content (AvgIpc) is 3.33. The van der Waals surface area contributed by atoms with Gasteiger partial charge in [-0.3, -0.25) is 0 Å². The predicted octanol–water partition coefficient (Wildman–Crippen LogP) is 4.43. The molecule has 0 N–H and O–H groups in total. The van der Waals surface area contributed by atoms with Gasteiger partial charge in [0.2, 0.25) is 5.79 Å². The highest BCUT2D eigenvalue weighted by molar-refractivity contribution is 5.68. The van der Waals surface area contributed by atoms with E-state index in [2.05, 4.69) is 0 Å². The molecule has 5 fully saturated rings. The van der Waals surface area contributed by atoms with Crippen LogP contribution in [0.2, 0.25) is 0 Å². The first-order valence-electron chi connectivity index (χ1n) is 10.7. The molecule has 0 spiro atoms. The van der Waals surface area contributed by atoms with E-state index in [4.69, 9.17) is 9.47 Å². The first-order valence-corrected chi connectivity index (χ1v) is 10.7. The third-order valence-corrected chi connectivity index (χ3v) is 8.06. The van der Waals surface area contributed by atoms with E-state index < -0.39 is 5.79 Å². The Morgan fingerprint density at radius 3 is 2.40 bits per heavy atom. The van der Waals surface area contributed by atoms with Crippen LogP contribution in [0, 0.1) is 35.5 Å². The molecular formula is C21H33NO3. The topological polar surface area (TPSA) is 38.8 Å². The smallest absolute Gasteiger partial charge is 0.412 e. The normalized spacial score (nSPS) is 45.0. The van der Waals surface area contributed by atoms with E-state index in [1.54, 1.807) is 0 Å². The molecule has 4 heteroatoms. The Labute approximate surface area is 151 Å². The Morgan fingerprint density at radius 1 is 0.920 bits per heavy atom. The van der Waals surface area contributed by atoms with Gasteiger partial charge in [-0.1, -0.05) is 0 Å². The van der Waals surface area contributed by atoms with E-state index in [0.717, 1.165) is 61.4 Å². The molecule has 1 aliphatic heterocycles. The highest BCUT2D eigenvalue weighted by atomic mass is 16.7. The Bertz CT molecular complexity index is 541. The van der Waals surface area contributed by atoms with Gasteiger partial charge in [0.25, 0.3) is 0 Å².